The number of carboxylic acids is 1. The van der Waals surface area contributed by atoms with Crippen LogP contribution in [0.4, 0.5) is 18.0 Å². The topological polar surface area (TPSA) is 85.3 Å². The van der Waals surface area contributed by atoms with Gasteiger partial charge in [0.05, 0.1) is 12.1 Å². The summed E-state index contributed by atoms with van der Waals surface area (Å²) >= 11 is 0. The van der Waals surface area contributed by atoms with E-state index in [0.717, 1.165) is 24.1 Å². The second-order valence-corrected chi connectivity index (χ2v) is 7.73. The zero-order valence-electron chi connectivity index (χ0n) is 19.6. The molecule has 0 fully saturated rings. The van der Waals surface area contributed by atoms with Gasteiger partial charge in [-0.3, -0.25) is 4.79 Å². The van der Waals surface area contributed by atoms with Crippen molar-refractivity contribution in [1.29, 1.82) is 0 Å². The molecule has 0 radical (unpaired) electrons. The van der Waals surface area contributed by atoms with Crippen LogP contribution in [0.1, 0.15) is 37.3 Å². The van der Waals surface area contributed by atoms with Crippen LogP contribution in [0.5, 0.6) is 11.5 Å². The number of carbonyl (C=O) groups is 2. The molecule has 0 aliphatic rings. The first kappa shape index (κ1) is 28.0. The van der Waals surface area contributed by atoms with Crippen molar-refractivity contribution in [2.75, 3.05) is 32.9 Å². The lowest BCUT2D eigenvalue weighted by Crippen LogP contribution is -2.38. The summed E-state index contributed by atoms with van der Waals surface area (Å²) in [6.45, 7) is 3.56. The monoisotopic (exact) mass is 497 g/mol. The van der Waals surface area contributed by atoms with Crippen LogP contribution in [0.2, 0.25) is 0 Å². The minimum atomic E-state index is -4.55. The number of carboxylic acid groups (broad SMARTS) is 1. The highest BCUT2D eigenvalue weighted by Gasteiger charge is 2.31. The van der Waals surface area contributed by atoms with Crippen LogP contribution in [0.25, 0.3) is 0 Å². The Kier molecular flexibility index (Phi) is 11.4. The standard InChI is InChI=1S/C25H30F3NO6/c1-2-15-33-16-4-13-29(24(32)35-22-6-3-5-20(18-22)25(26,27)28)14-17-34-21-10-7-19(8-11-21)9-12-23(30)31/h3,5-8,10-11,18H,2,4,9,12-17H2,1H3,(H,30,31). The van der Waals surface area contributed by atoms with Gasteiger partial charge in [0.15, 0.2) is 0 Å². The fourth-order valence-electron chi connectivity index (χ4n) is 3.08. The molecule has 2 aromatic rings. The molecule has 192 valence electrons. The van der Waals surface area contributed by atoms with Crippen molar-refractivity contribution in [3.05, 3.63) is 59.7 Å². The summed E-state index contributed by atoms with van der Waals surface area (Å²) in [6.07, 6.45) is -3.50. The molecule has 2 rings (SSSR count). The zero-order chi connectivity index (χ0) is 25.7. The van der Waals surface area contributed by atoms with Crippen molar-refractivity contribution in [3.63, 3.8) is 0 Å². The van der Waals surface area contributed by atoms with Gasteiger partial charge < -0.3 is 24.2 Å². The van der Waals surface area contributed by atoms with Gasteiger partial charge in [-0.05, 0) is 55.2 Å². The molecule has 0 heterocycles. The summed E-state index contributed by atoms with van der Waals surface area (Å²) in [4.78, 5) is 24.7. The highest BCUT2D eigenvalue weighted by Crippen LogP contribution is 2.31. The summed E-state index contributed by atoms with van der Waals surface area (Å²) in [7, 11) is 0. The normalized spacial score (nSPS) is 11.2. The van der Waals surface area contributed by atoms with Gasteiger partial charge in [-0.25, -0.2) is 4.79 Å². The number of benzene rings is 2. The van der Waals surface area contributed by atoms with Gasteiger partial charge in [-0.1, -0.05) is 25.1 Å². The molecule has 7 nitrogen and oxygen atoms in total. The molecule has 0 aromatic heterocycles. The Labute approximate surface area is 202 Å². The number of hydrogen-bond acceptors (Lipinski definition) is 5. The summed E-state index contributed by atoms with van der Waals surface area (Å²) in [6, 6.07) is 11.1. The highest BCUT2D eigenvalue weighted by molar-refractivity contribution is 5.70. The van der Waals surface area contributed by atoms with Crippen molar-refractivity contribution in [2.45, 2.75) is 38.8 Å². The Bertz CT molecular complexity index is 934. The fourth-order valence-corrected chi connectivity index (χ4v) is 3.08. The van der Waals surface area contributed by atoms with E-state index in [1.54, 1.807) is 24.3 Å². The second kappa shape index (κ2) is 14.2. The number of ether oxygens (including phenoxy) is 3. The van der Waals surface area contributed by atoms with E-state index in [2.05, 4.69) is 0 Å². The number of amides is 1. The van der Waals surface area contributed by atoms with E-state index in [0.29, 0.717) is 31.8 Å². The van der Waals surface area contributed by atoms with Crippen molar-refractivity contribution in [1.82, 2.24) is 4.90 Å². The van der Waals surface area contributed by atoms with Gasteiger partial charge in [0.1, 0.15) is 18.1 Å². The number of alkyl halides is 3. The average molecular weight is 498 g/mol. The molecule has 0 aliphatic carbocycles. The molecule has 0 aliphatic heterocycles. The molecule has 0 saturated carbocycles. The quantitative estimate of drug-likeness (QED) is 0.351. The van der Waals surface area contributed by atoms with E-state index >= 15 is 0 Å². The largest absolute Gasteiger partial charge is 0.492 e. The number of halogens is 3. The molecule has 35 heavy (non-hydrogen) atoms. The van der Waals surface area contributed by atoms with E-state index in [1.165, 1.54) is 17.0 Å². The Morgan fingerprint density at radius 1 is 0.971 bits per heavy atom. The predicted molar refractivity (Wildman–Crippen MR) is 123 cm³/mol. The third-order valence-electron chi connectivity index (χ3n) is 4.87. The van der Waals surface area contributed by atoms with Crippen molar-refractivity contribution in [3.8, 4) is 11.5 Å². The Morgan fingerprint density at radius 3 is 2.37 bits per heavy atom. The molecule has 10 heteroatoms. The summed E-state index contributed by atoms with van der Waals surface area (Å²) in [5.74, 6) is -0.529. The second-order valence-electron chi connectivity index (χ2n) is 7.73. The first-order valence-electron chi connectivity index (χ1n) is 11.3. The number of nitrogens with zero attached hydrogens (tertiary/aromatic N) is 1. The molecule has 0 bridgehead atoms. The van der Waals surface area contributed by atoms with E-state index in [4.69, 9.17) is 19.3 Å². The fraction of sp³-hybridized carbons (Fsp3) is 0.440. The van der Waals surface area contributed by atoms with Crippen molar-refractivity contribution < 1.29 is 42.1 Å². The lowest BCUT2D eigenvalue weighted by atomic mass is 10.1. The summed E-state index contributed by atoms with van der Waals surface area (Å²) in [5.41, 5.74) is -0.0458. The number of aryl methyl sites for hydroxylation is 1. The number of rotatable bonds is 14. The highest BCUT2D eigenvalue weighted by atomic mass is 19.4. The lowest BCUT2D eigenvalue weighted by molar-refractivity contribution is -0.138. The molecule has 0 atom stereocenters. The van der Waals surface area contributed by atoms with Gasteiger partial charge in [-0.2, -0.15) is 13.2 Å². The lowest BCUT2D eigenvalue weighted by Gasteiger charge is -2.22. The molecule has 0 unspecified atom stereocenters. The van der Waals surface area contributed by atoms with E-state index in [1.807, 2.05) is 6.92 Å². The van der Waals surface area contributed by atoms with Crippen LogP contribution >= 0.6 is 0 Å². The van der Waals surface area contributed by atoms with Crippen molar-refractivity contribution >= 4 is 12.1 Å². The van der Waals surface area contributed by atoms with Gasteiger partial charge in [0.25, 0.3) is 0 Å². The van der Waals surface area contributed by atoms with Crippen LogP contribution in [0, 0.1) is 0 Å². The van der Waals surface area contributed by atoms with Gasteiger partial charge in [0.2, 0.25) is 0 Å². The smallest absolute Gasteiger partial charge is 0.416 e. The maximum atomic E-state index is 13.0. The Morgan fingerprint density at radius 2 is 1.71 bits per heavy atom. The van der Waals surface area contributed by atoms with Crippen LogP contribution in [0.3, 0.4) is 0 Å². The van der Waals surface area contributed by atoms with E-state index in [9.17, 15) is 22.8 Å². The van der Waals surface area contributed by atoms with Gasteiger partial charge in [0, 0.05) is 26.2 Å². The van der Waals surface area contributed by atoms with Crippen molar-refractivity contribution in [2.24, 2.45) is 0 Å². The maximum Gasteiger partial charge on any atom is 0.416 e. The maximum absolute atomic E-state index is 13.0. The third-order valence-corrected chi connectivity index (χ3v) is 4.87. The minimum Gasteiger partial charge on any atom is -0.492 e. The number of carbonyl (C=O) groups excluding carboxylic acids is 1. The SMILES string of the molecule is CCCOCCCN(CCOc1ccc(CCC(=O)O)cc1)C(=O)Oc1cccc(C(F)(F)F)c1. The molecule has 0 saturated heterocycles. The predicted octanol–water partition coefficient (Wildman–Crippen LogP) is 5.42. The molecular formula is C25H30F3NO6. The Hall–Kier alpha value is -3.27. The Balaban J connectivity index is 1.95. The third kappa shape index (κ3) is 10.7. The van der Waals surface area contributed by atoms with Gasteiger partial charge in [-0.15, -0.1) is 0 Å². The van der Waals surface area contributed by atoms with E-state index < -0.39 is 23.8 Å². The van der Waals surface area contributed by atoms with Crippen LogP contribution in [-0.4, -0.2) is 55.0 Å². The number of hydrogen-bond donors (Lipinski definition) is 1. The van der Waals surface area contributed by atoms with Crippen LogP contribution < -0.4 is 9.47 Å². The molecule has 1 amide bonds. The molecule has 0 spiro atoms. The molecule has 1 N–H and O–H groups in total. The summed E-state index contributed by atoms with van der Waals surface area (Å²) < 4.78 is 55.2. The first-order chi connectivity index (χ1) is 16.7. The molecule has 2 aromatic carbocycles. The van der Waals surface area contributed by atoms with Gasteiger partial charge >= 0.3 is 18.2 Å². The summed E-state index contributed by atoms with van der Waals surface area (Å²) in [5, 5.41) is 8.76. The van der Waals surface area contributed by atoms with Crippen LogP contribution in [-0.2, 0) is 22.1 Å². The van der Waals surface area contributed by atoms with E-state index in [-0.39, 0.29) is 31.9 Å². The zero-order valence-corrected chi connectivity index (χ0v) is 19.6. The first-order valence-corrected chi connectivity index (χ1v) is 11.3. The number of aliphatic carboxylic acids is 1. The van der Waals surface area contributed by atoms with Crippen LogP contribution in [0.15, 0.2) is 48.5 Å². The molecular weight excluding hydrogens is 467 g/mol. The minimum absolute atomic E-state index is 0.0329. The average Bonchev–Trinajstić information content (AvgIpc) is 2.81.